The molecule has 30 heavy (non-hydrogen) atoms. The largest absolute Gasteiger partial charge is 0.416 e. The van der Waals surface area contributed by atoms with Gasteiger partial charge in [0, 0.05) is 31.9 Å². The Morgan fingerprint density at radius 1 is 0.867 bits per heavy atom. The maximum Gasteiger partial charge on any atom is 0.416 e. The Morgan fingerprint density at radius 3 is 2.17 bits per heavy atom. The first-order chi connectivity index (χ1) is 14.2. The molecule has 158 valence electrons. The lowest BCUT2D eigenvalue weighted by Crippen LogP contribution is -2.52. The lowest BCUT2D eigenvalue weighted by Gasteiger charge is -2.38. The molecule has 2 aromatic carbocycles. The van der Waals surface area contributed by atoms with E-state index in [1.165, 1.54) is 24.3 Å². The van der Waals surface area contributed by atoms with Gasteiger partial charge in [-0.3, -0.25) is 14.5 Å². The fourth-order valence-corrected chi connectivity index (χ4v) is 3.94. The number of piperazine rings is 1. The zero-order valence-electron chi connectivity index (χ0n) is 15.9. The summed E-state index contributed by atoms with van der Waals surface area (Å²) in [4.78, 5) is 30.2. The van der Waals surface area contributed by atoms with Gasteiger partial charge in [-0.1, -0.05) is 6.07 Å². The van der Waals surface area contributed by atoms with Gasteiger partial charge < -0.3 is 4.90 Å². The van der Waals surface area contributed by atoms with Crippen LogP contribution in [0.1, 0.15) is 12.0 Å². The quantitative estimate of drug-likeness (QED) is 0.564. The van der Waals surface area contributed by atoms with Crippen LogP contribution in [0.4, 0.5) is 28.9 Å². The van der Waals surface area contributed by atoms with E-state index in [4.69, 9.17) is 0 Å². The summed E-state index contributed by atoms with van der Waals surface area (Å²) in [7, 11) is 0. The molecule has 0 aliphatic carbocycles. The molecule has 0 radical (unpaired) electrons. The van der Waals surface area contributed by atoms with Gasteiger partial charge in [-0.25, -0.2) is 9.29 Å². The number of alkyl halides is 3. The number of anilines is 2. The van der Waals surface area contributed by atoms with Crippen LogP contribution in [0.5, 0.6) is 0 Å². The monoisotopic (exact) mass is 421 g/mol. The molecule has 2 heterocycles. The number of hydrogen-bond acceptors (Lipinski definition) is 4. The molecule has 0 spiro atoms. The molecule has 0 unspecified atom stereocenters. The molecule has 2 saturated heterocycles. The van der Waals surface area contributed by atoms with Crippen LogP contribution in [0, 0.1) is 5.82 Å². The van der Waals surface area contributed by atoms with Crippen LogP contribution in [0.25, 0.3) is 0 Å². The van der Waals surface area contributed by atoms with Gasteiger partial charge in [0.05, 0.1) is 23.7 Å². The third-order valence-corrected chi connectivity index (χ3v) is 5.50. The Hall–Kier alpha value is -2.94. The number of carbonyl (C=O) groups is 2. The fraction of sp³-hybridized carbons (Fsp3) is 0.333. The first-order valence-electron chi connectivity index (χ1n) is 9.52. The van der Waals surface area contributed by atoms with Gasteiger partial charge >= 0.3 is 6.18 Å². The van der Waals surface area contributed by atoms with Gasteiger partial charge in [0.2, 0.25) is 5.91 Å². The van der Waals surface area contributed by atoms with E-state index < -0.39 is 29.6 Å². The molecule has 0 bridgehead atoms. The summed E-state index contributed by atoms with van der Waals surface area (Å²) in [6, 6.07) is 9.69. The first kappa shape index (κ1) is 20.3. The number of carbonyl (C=O) groups excluding carboxylic acids is 2. The van der Waals surface area contributed by atoms with Crippen molar-refractivity contribution in [3.8, 4) is 0 Å². The van der Waals surface area contributed by atoms with Crippen LogP contribution < -0.4 is 9.80 Å². The van der Waals surface area contributed by atoms with Crippen LogP contribution in [-0.4, -0.2) is 48.9 Å². The molecule has 9 heteroatoms. The van der Waals surface area contributed by atoms with Crippen molar-refractivity contribution in [2.45, 2.75) is 18.6 Å². The highest BCUT2D eigenvalue weighted by atomic mass is 19.4. The van der Waals surface area contributed by atoms with Crippen LogP contribution in [0.15, 0.2) is 48.5 Å². The molecule has 4 rings (SSSR count). The van der Waals surface area contributed by atoms with E-state index >= 15 is 0 Å². The second kappa shape index (κ2) is 7.71. The number of halogens is 4. The van der Waals surface area contributed by atoms with Crippen LogP contribution in [0.3, 0.4) is 0 Å². The van der Waals surface area contributed by atoms with Crippen molar-refractivity contribution < 1.29 is 27.2 Å². The number of nitrogens with zero attached hydrogens (tertiary/aromatic N) is 3. The van der Waals surface area contributed by atoms with E-state index in [0.29, 0.717) is 26.2 Å². The maximum absolute atomic E-state index is 13.1. The minimum Gasteiger partial charge on any atom is -0.369 e. The van der Waals surface area contributed by atoms with Crippen molar-refractivity contribution in [2.75, 3.05) is 36.0 Å². The molecule has 2 aliphatic rings. The minimum atomic E-state index is -4.56. The van der Waals surface area contributed by atoms with Gasteiger partial charge in [-0.15, -0.1) is 0 Å². The highest BCUT2D eigenvalue weighted by Crippen LogP contribution is 2.34. The van der Waals surface area contributed by atoms with Crippen molar-refractivity contribution in [1.29, 1.82) is 0 Å². The summed E-state index contributed by atoms with van der Waals surface area (Å²) < 4.78 is 52.1. The summed E-state index contributed by atoms with van der Waals surface area (Å²) in [6.07, 6.45) is -4.62. The highest BCUT2D eigenvalue weighted by molar-refractivity contribution is 6.22. The lowest BCUT2D eigenvalue weighted by molar-refractivity contribution is -0.137. The minimum absolute atomic E-state index is 0.0627. The molecule has 0 saturated carbocycles. The zero-order valence-corrected chi connectivity index (χ0v) is 15.9. The number of rotatable bonds is 3. The summed E-state index contributed by atoms with van der Waals surface area (Å²) in [5.74, 6) is -1.33. The Morgan fingerprint density at radius 2 is 1.53 bits per heavy atom. The SMILES string of the molecule is O=C1C[C@H](N2CCN(c3ccc(F)cc3)CC2)C(=O)N1c1cccc(C(F)(F)F)c1. The third kappa shape index (κ3) is 3.89. The molecule has 2 aromatic rings. The lowest BCUT2D eigenvalue weighted by atomic mass is 10.1. The predicted octanol–water partition coefficient (Wildman–Crippen LogP) is 3.30. The van der Waals surface area contributed by atoms with Crippen molar-refractivity contribution in [2.24, 2.45) is 0 Å². The van der Waals surface area contributed by atoms with Gasteiger partial charge in [-0.2, -0.15) is 13.2 Å². The van der Waals surface area contributed by atoms with E-state index in [9.17, 15) is 27.2 Å². The molecule has 0 N–H and O–H groups in total. The Balaban J connectivity index is 1.45. The third-order valence-electron chi connectivity index (χ3n) is 5.50. The Bertz CT molecular complexity index is 953. The molecule has 1 atom stereocenters. The highest BCUT2D eigenvalue weighted by Gasteiger charge is 2.44. The molecule has 0 aromatic heterocycles. The van der Waals surface area contributed by atoms with Crippen molar-refractivity contribution in [3.63, 3.8) is 0 Å². The van der Waals surface area contributed by atoms with Crippen molar-refractivity contribution >= 4 is 23.2 Å². The van der Waals surface area contributed by atoms with E-state index in [-0.39, 0.29) is 17.9 Å². The summed E-state index contributed by atoms with van der Waals surface area (Å²) >= 11 is 0. The molecular formula is C21H19F4N3O2. The predicted molar refractivity (Wildman–Crippen MR) is 103 cm³/mol. The summed E-state index contributed by atoms with van der Waals surface area (Å²) in [5.41, 5.74) is -0.0975. The number of hydrogen-bond donors (Lipinski definition) is 0. The van der Waals surface area contributed by atoms with Gasteiger partial charge in [-0.05, 0) is 42.5 Å². The average molecular weight is 421 g/mol. The molecule has 2 amide bonds. The maximum atomic E-state index is 13.1. The topological polar surface area (TPSA) is 43.9 Å². The second-order valence-corrected chi connectivity index (χ2v) is 7.33. The van der Waals surface area contributed by atoms with E-state index in [2.05, 4.69) is 4.90 Å². The average Bonchev–Trinajstić information content (AvgIpc) is 3.02. The van der Waals surface area contributed by atoms with Crippen molar-refractivity contribution in [1.82, 2.24) is 4.90 Å². The normalized spacial score (nSPS) is 20.9. The summed E-state index contributed by atoms with van der Waals surface area (Å²) in [5, 5.41) is 0. The standard InChI is InChI=1S/C21H19F4N3O2/c22-15-4-6-16(7-5-15)26-8-10-27(11-9-26)18-13-19(29)28(20(18)30)17-3-1-2-14(12-17)21(23,24)25/h1-7,12,18H,8-11,13H2/t18-/m0/s1. The van der Waals surface area contributed by atoms with Crippen LogP contribution in [0.2, 0.25) is 0 Å². The molecule has 2 fully saturated rings. The number of amides is 2. The van der Waals surface area contributed by atoms with E-state index in [1.54, 1.807) is 12.1 Å². The van der Waals surface area contributed by atoms with E-state index in [1.807, 2.05) is 4.90 Å². The number of imide groups is 1. The first-order valence-corrected chi connectivity index (χ1v) is 9.52. The fourth-order valence-electron chi connectivity index (χ4n) is 3.94. The number of benzene rings is 2. The van der Waals surface area contributed by atoms with Gasteiger partial charge in [0.25, 0.3) is 5.91 Å². The van der Waals surface area contributed by atoms with E-state index in [0.717, 1.165) is 22.7 Å². The second-order valence-electron chi connectivity index (χ2n) is 7.33. The van der Waals surface area contributed by atoms with Crippen LogP contribution in [-0.2, 0) is 15.8 Å². The van der Waals surface area contributed by atoms with Gasteiger partial charge in [0.1, 0.15) is 5.82 Å². The van der Waals surface area contributed by atoms with Gasteiger partial charge in [0.15, 0.2) is 0 Å². The Labute approximate surface area is 170 Å². The Kier molecular flexibility index (Phi) is 5.23. The summed E-state index contributed by atoms with van der Waals surface area (Å²) in [6.45, 7) is 2.20. The van der Waals surface area contributed by atoms with Crippen LogP contribution >= 0.6 is 0 Å². The molecule has 5 nitrogen and oxygen atoms in total. The zero-order chi connectivity index (χ0) is 21.5. The molecular weight excluding hydrogens is 402 g/mol. The molecule has 2 aliphatic heterocycles. The van der Waals surface area contributed by atoms with Crippen molar-refractivity contribution in [3.05, 3.63) is 59.9 Å². The smallest absolute Gasteiger partial charge is 0.369 e.